The maximum Gasteiger partial charge on any atom is 0.332 e. The zero-order chi connectivity index (χ0) is 10.9. The van der Waals surface area contributed by atoms with Gasteiger partial charge < -0.3 is 14.9 Å². The first kappa shape index (κ1) is 10.2. The van der Waals surface area contributed by atoms with Gasteiger partial charge in [-0.25, -0.2) is 0 Å². The van der Waals surface area contributed by atoms with Gasteiger partial charge in [0.25, 0.3) is 0 Å². The van der Waals surface area contributed by atoms with E-state index in [1.165, 1.54) is 0 Å². The Hall–Kier alpha value is -1.92. The molecule has 1 atom stereocenters. The molecule has 1 fully saturated rings. The van der Waals surface area contributed by atoms with Crippen molar-refractivity contribution in [3.05, 3.63) is 0 Å². The van der Waals surface area contributed by atoms with E-state index in [1.54, 1.807) is 0 Å². The molecule has 0 aliphatic carbocycles. The third-order valence-corrected chi connectivity index (χ3v) is 1.91. The van der Waals surface area contributed by atoms with Crippen LogP contribution in [0.5, 0.6) is 0 Å². The summed E-state index contributed by atoms with van der Waals surface area (Å²) >= 11 is 0. The van der Waals surface area contributed by atoms with Crippen LogP contribution < -0.4 is 0 Å². The summed E-state index contributed by atoms with van der Waals surface area (Å²) in [6.07, 6.45) is -1.68. The van der Waals surface area contributed by atoms with Crippen LogP contribution in [0.15, 0.2) is 0 Å². The van der Waals surface area contributed by atoms with Gasteiger partial charge in [-0.05, 0) is 0 Å². The van der Waals surface area contributed by atoms with E-state index in [0.29, 0.717) is 0 Å². The van der Waals surface area contributed by atoms with Crippen LogP contribution in [-0.2, 0) is 23.9 Å². The van der Waals surface area contributed by atoms with Crippen LogP contribution in [0.25, 0.3) is 0 Å². The minimum Gasteiger partial charge on any atom is -0.481 e. The molecule has 0 aromatic carbocycles. The van der Waals surface area contributed by atoms with E-state index in [9.17, 15) is 19.2 Å². The van der Waals surface area contributed by atoms with Gasteiger partial charge in [0.2, 0.25) is 0 Å². The first-order valence-electron chi connectivity index (χ1n) is 3.59. The normalized spacial score (nSPS) is 26.0. The number of carboxylic acids is 2. The molecule has 7 nitrogen and oxygen atoms in total. The quantitative estimate of drug-likeness (QED) is 0.445. The smallest absolute Gasteiger partial charge is 0.332 e. The van der Waals surface area contributed by atoms with Crippen LogP contribution >= 0.6 is 0 Å². The molecule has 76 valence electrons. The molecule has 1 unspecified atom stereocenters. The van der Waals surface area contributed by atoms with Crippen molar-refractivity contribution in [2.75, 3.05) is 0 Å². The van der Waals surface area contributed by atoms with Gasteiger partial charge in [0.05, 0.1) is 12.8 Å². The highest BCUT2D eigenvalue weighted by Crippen LogP contribution is 2.34. The molecule has 0 bridgehead atoms. The van der Waals surface area contributed by atoms with Gasteiger partial charge >= 0.3 is 23.9 Å². The minimum absolute atomic E-state index is 0.729. The van der Waals surface area contributed by atoms with Gasteiger partial charge in [-0.2, -0.15) is 0 Å². The van der Waals surface area contributed by atoms with Crippen molar-refractivity contribution in [3.63, 3.8) is 0 Å². The number of aliphatic carboxylic acids is 2. The standard InChI is InChI=1S/C7H6O7/c8-3(9)1-7(5(11)12)2-4(10)14-6(7)13/h1-2H2,(H,8,9)(H,11,12). The summed E-state index contributed by atoms with van der Waals surface area (Å²) in [6.45, 7) is 0. The lowest BCUT2D eigenvalue weighted by molar-refractivity contribution is -0.166. The Kier molecular flexibility index (Phi) is 2.24. The van der Waals surface area contributed by atoms with E-state index in [1.807, 2.05) is 0 Å². The van der Waals surface area contributed by atoms with E-state index in [2.05, 4.69) is 4.74 Å². The van der Waals surface area contributed by atoms with Gasteiger partial charge in [0.15, 0.2) is 5.41 Å². The summed E-state index contributed by atoms with van der Waals surface area (Å²) in [5.74, 6) is -5.45. The SMILES string of the molecule is O=C(O)CC1(C(=O)O)CC(=O)OC1=O. The van der Waals surface area contributed by atoms with Gasteiger partial charge in [-0.3, -0.25) is 19.2 Å². The number of carbonyl (C=O) groups is 4. The fourth-order valence-corrected chi connectivity index (χ4v) is 1.19. The fourth-order valence-electron chi connectivity index (χ4n) is 1.19. The summed E-state index contributed by atoms with van der Waals surface area (Å²) in [6, 6.07) is 0. The highest BCUT2D eigenvalue weighted by molar-refractivity contribution is 6.11. The molecule has 1 saturated heterocycles. The lowest BCUT2D eigenvalue weighted by Crippen LogP contribution is -2.37. The van der Waals surface area contributed by atoms with Crippen molar-refractivity contribution in [3.8, 4) is 0 Å². The molecule has 1 rings (SSSR count). The summed E-state index contributed by atoms with van der Waals surface area (Å²) in [5, 5.41) is 17.1. The van der Waals surface area contributed by atoms with E-state index in [4.69, 9.17) is 10.2 Å². The van der Waals surface area contributed by atoms with E-state index in [-0.39, 0.29) is 0 Å². The minimum atomic E-state index is -2.25. The number of hydrogen-bond acceptors (Lipinski definition) is 5. The highest BCUT2D eigenvalue weighted by Gasteiger charge is 2.57. The van der Waals surface area contributed by atoms with Crippen molar-refractivity contribution < 1.29 is 34.1 Å². The average Bonchev–Trinajstić information content (AvgIpc) is 2.26. The Balaban J connectivity index is 3.05. The van der Waals surface area contributed by atoms with Gasteiger partial charge in [0.1, 0.15) is 0 Å². The van der Waals surface area contributed by atoms with Crippen LogP contribution in [0.2, 0.25) is 0 Å². The van der Waals surface area contributed by atoms with Crippen molar-refractivity contribution in [1.82, 2.24) is 0 Å². The fraction of sp³-hybridized carbons (Fsp3) is 0.429. The summed E-state index contributed by atoms with van der Waals surface area (Å²) < 4.78 is 4.02. The third-order valence-electron chi connectivity index (χ3n) is 1.91. The van der Waals surface area contributed by atoms with E-state index in [0.717, 1.165) is 0 Å². The van der Waals surface area contributed by atoms with Crippen LogP contribution in [0.4, 0.5) is 0 Å². The first-order chi connectivity index (χ1) is 6.38. The average molecular weight is 202 g/mol. The molecule has 0 spiro atoms. The Morgan fingerprint density at radius 3 is 2.21 bits per heavy atom. The predicted octanol–water partition coefficient (Wildman–Crippen LogP) is -0.994. The first-order valence-corrected chi connectivity index (χ1v) is 3.59. The molecule has 14 heavy (non-hydrogen) atoms. The number of carboxylic acid groups (broad SMARTS) is 2. The lowest BCUT2D eigenvalue weighted by Gasteiger charge is -2.14. The van der Waals surface area contributed by atoms with Gasteiger partial charge in [-0.15, -0.1) is 0 Å². The number of ether oxygens (including phenoxy) is 1. The molecule has 1 aliphatic heterocycles. The predicted molar refractivity (Wildman–Crippen MR) is 38.0 cm³/mol. The Morgan fingerprint density at radius 1 is 1.36 bits per heavy atom. The van der Waals surface area contributed by atoms with E-state index >= 15 is 0 Å². The molecule has 0 amide bonds. The van der Waals surface area contributed by atoms with Crippen LogP contribution in [-0.4, -0.2) is 34.1 Å². The van der Waals surface area contributed by atoms with Crippen molar-refractivity contribution in [2.24, 2.45) is 5.41 Å². The zero-order valence-corrected chi connectivity index (χ0v) is 6.85. The second-order valence-corrected chi connectivity index (χ2v) is 2.90. The second kappa shape index (κ2) is 3.09. The largest absolute Gasteiger partial charge is 0.481 e. The summed E-state index contributed by atoms with van der Waals surface area (Å²) in [4.78, 5) is 42.7. The van der Waals surface area contributed by atoms with E-state index < -0.39 is 42.1 Å². The molecule has 0 saturated carbocycles. The number of cyclic esters (lactones) is 2. The van der Waals surface area contributed by atoms with Crippen LogP contribution in [0.3, 0.4) is 0 Å². The third kappa shape index (κ3) is 1.43. The van der Waals surface area contributed by atoms with Crippen LogP contribution in [0, 0.1) is 5.41 Å². The number of carbonyl (C=O) groups excluding carboxylic acids is 2. The molecule has 1 aliphatic rings. The molecule has 1 heterocycles. The maximum atomic E-state index is 11.0. The summed E-state index contributed by atoms with van der Waals surface area (Å²) in [7, 11) is 0. The molecule has 0 aromatic rings. The molecule has 0 radical (unpaired) electrons. The lowest BCUT2D eigenvalue weighted by atomic mass is 9.83. The Labute approximate surface area is 77.3 Å². The second-order valence-electron chi connectivity index (χ2n) is 2.90. The topological polar surface area (TPSA) is 118 Å². The maximum absolute atomic E-state index is 11.0. The number of rotatable bonds is 3. The van der Waals surface area contributed by atoms with Crippen LogP contribution in [0.1, 0.15) is 12.8 Å². The van der Waals surface area contributed by atoms with Gasteiger partial charge in [-0.1, -0.05) is 0 Å². The molecular weight excluding hydrogens is 196 g/mol. The zero-order valence-electron chi connectivity index (χ0n) is 6.85. The Bertz CT molecular complexity index is 331. The highest BCUT2D eigenvalue weighted by atomic mass is 16.6. The number of hydrogen-bond donors (Lipinski definition) is 2. The van der Waals surface area contributed by atoms with Crippen molar-refractivity contribution >= 4 is 23.9 Å². The number of esters is 2. The molecule has 0 aromatic heterocycles. The monoisotopic (exact) mass is 202 g/mol. The van der Waals surface area contributed by atoms with Gasteiger partial charge in [0, 0.05) is 0 Å². The molecular formula is C7H6O7. The van der Waals surface area contributed by atoms with Crippen molar-refractivity contribution in [1.29, 1.82) is 0 Å². The summed E-state index contributed by atoms with van der Waals surface area (Å²) in [5.41, 5.74) is -2.25. The molecule has 7 heteroatoms. The molecule has 2 N–H and O–H groups in total. The Morgan fingerprint density at radius 2 is 1.93 bits per heavy atom. The van der Waals surface area contributed by atoms with Crippen molar-refractivity contribution in [2.45, 2.75) is 12.8 Å².